The van der Waals surface area contributed by atoms with Gasteiger partial charge in [0.25, 0.3) is 0 Å². The Bertz CT molecular complexity index is 749. The quantitative estimate of drug-likeness (QED) is 0.844. The maximum absolute atomic E-state index is 12.5. The van der Waals surface area contributed by atoms with Gasteiger partial charge in [-0.1, -0.05) is 24.4 Å². The lowest BCUT2D eigenvalue weighted by atomic mass is 10.0. The van der Waals surface area contributed by atoms with Crippen LogP contribution in [0, 0.1) is 5.92 Å². The summed E-state index contributed by atoms with van der Waals surface area (Å²) in [5, 5.41) is 1.88. The number of rotatable bonds is 2. The van der Waals surface area contributed by atoms with Gasteiger partial charge in [0, 0.05) is 22.5 Å². The third kappa shape index (κ3) is 2.64. The zero-order chi connectivity index (χ0) is 16.0. The fourth-order valence-electron chi connectivity index (χ4n) is 3.86. The van der Waals surface area contributed by atoms with Gasteiger partial charge in [-0.25, -0.2) is 0 Å². The third-order valence-corrected chi connectivity index (χ3v) is 5.41. The molecule has 2 heterocycles. The van der Waals surface area contributed by atoms with E-state index in [1.165, 1.54) is 5.56 Å². The number of aromatic nitrogens is 1. The number of ether oxygens (including phenoxy) is 1. The summed E-state index contributed by atoms with van der Waals surface area (Å²) in [6, 6.07) is 5.87. The van der Waals surface area contributed by atoms with Crippen molar-refractivity contribution in [3.8, 4) is 0 Å². The number of fused-ring (bicyclic) bond motifs is 3. The number of H-pyrrole nitrogens is 1. The predicted molar refractivity (Wildman–Crippen MR) is 90.4 cm³/mol. The van der Waals surface area contributed by atoms with E-state index in [1.807, 2.05) is 25.2 Å². The van der Waals surface area contributed by atoms with Crippen molar-refractivity contribution in [2.45, 2.75) is 38.3 Å². The van der Waals surface area contributed by atoms with Crippen LogP contribution in [0.4, 0.5) is 0 Å². The first-order chi connectivity index (χ1) is 11.1. The van der Waals surface area contributed by atoms with Crippen molar-refractivity contribution in [3.05, 3.63) is 34.5 Å². The molecule has 0 spiro atoms. The second kappa shape index (κ2) is 5.84. The minimum atomic E-state index is -0.321. The minimum absolute atomic E-state index is 0.0520. The van der Waals surface area contributed by atoms with E-state index < -0.39 is 0 Å². The molecule has 1 saturated carbocycles. The smallest absolute Gasteiger partial charge is 0.310 e. The zero-order valence-corrected chi connectivity index (χ0v) is 14.0. The lowest BCUT2D eigenvalue weighted by Crippen LogP contribution is -2.36. The minimum Gasteiger partial charge on any atom is -0.440 e. The Morgan fingerprint density at radius 3 is 2.91 bits per heavy atom. The number of hydrogen-bond acceptors (Lipinski definition) is 3. The molecule has 122 valence electrons. The molecule has 23 heavy (non-hydrogen) atoms. The van der Waals surface area contributed by atoms with Crippen molar-refractivity contribution in [2.75, 3.05) is 13.6 Å². The fourth-order valence-corrected chi connectivity index (χ4v) is 4.04. The standard InChI is InChI=1S/C18H21ClN2O2/c1-21-9-8-13-14-10-12(19)6-7-15(14)20-16(13)17(21)23-18(22)11-4-2-3-5-11/h6-7,10-11,17,20H,2-5,8-9H2,1H3. The Labute approximate surface area is 140 Å². The third-order valence-electron chi connectivity index (χ3n) is 5.18. The highest BCUT2D eigenvalue weighted by molar-refractivity contribution is 6.31. The van der Waals surface area contributed by atoms with Crippen LogP contribution in [-0.4, -0.2) is 29.4 Å². The van der Waals surface area contributed by atoms with E-state index in [2.05, 4.69) is 9.88 Å². The number of aromatic amines is 1. The summed E-state index contributed by atoms with van der Waals surface area (Å²) < 4.78 is 5.90. The van der Waals surface area contributed by atoms with Gasteiger partial charge in [-0.2, -0.15) is 0 Å². The van der Waals surface area contributed by atoms with Crippen molar-refractivity contribution in [1.29, 1.82) is 0 Å². The molecule has 1 aliphatic heterocycles. The number of nitrogens with one attached hydrogen (secondary N) is 1. The number of esters is 1. The second-order valence-electron chi connectivity index (χ2n) is 6.71. The van der Waals surface area contributed by atoms with E-state index in [9.17, 15) is 4.79 Å². The van der Waals surface area contributed by atoms with Crippen molar-refractivity contribution in [1.82, 2.24) is 9.88 Å². The van der Waals surface area contributed by atoms with E-state index >= 15 is 0 Å². The number of carbonyl (C=O) groups is 1. The van der Waals surface area contributed by atoms with Crippen LogP contribution >= 0.6 is 11.6 Å². The Morgan fingerprint density at radius 1 is 1.35 bits per heavy atom. The van der Waals surface area contributed by atoms with Crippen LogP contribution in [0.2, 0.25) is 5.02 Å². The first kappa shape index (κ1) is 15.0. The molecule has 1 aromatic heterocycles. The Balaban J connectivity index is 1.68. The molecule has 0 saturated heterocycles. The van der Waals surface area contributed by atoms with E-state index in [1.54, 1.807) is 0 Å². The van der Waals surface area contributed by atoms with Gasteiger partial charge in [0.2, 0.25) is 0 Å². The average molecular weight is 333 g/mol. The van der Waals surface area contributed by atoms with Crippen molar-refractivity contribution in [2.24, 2.45) is 5.92 Å². The van der Waals surface area contributed by atoms with Crippen molar-refractivity contribution in [3.63, 3.8) is 0 Å². The fraction of sp³-hybridized carbons (Fsp3) is 0.500. The van der Waals surface area contributed by atoms with Crippen LogP contribution in [0.3, 0.4) is 0 Å². The maximum Gasteiger partial charge on any atom is 0.310 e. The number of nitrogens with zero attached hydrogens (tertiary/aromatic N) is 1. The number of hydrogen-bond donors (Lipinski definition) is 1. The van der Waals surface area contributed by atoms with E-state index in [4.69, 9.17) is 16.3 Å². The van der Waals surface area contributed by atoms with E-state index in [0.29, 0.717) is 0 Å². The Morgan fingerprint density at radius 2 is 2.13 bits per heavy atom. The molecule has 1 aliphatic carbocycles. The van der Waals surface area contributed by atoms with Gasteiger partial charge in [0.1, 0.15) is 0 Å². The molecular formula is C18H21ClN2O2. The first-order valence-electron chi connectivity index (χ1n) is 8.34. The van der Waals surface area contributed by atoms with Gasteiger partial charge >= 0.3 is 5.97 Å². The SMILES string of the molecule is CN1CCc2c([nH]c3ccc(Cl)cc23)C1OC(=O)C1CCCC1. The number of halogens is 1. The van der Waals surface area contributed by atoms with Crippen LogP contribution in [0.5, 0.6) is 0 Å². The summed E-state index contributed by atoms with van der Waals surface area (Å²) in [4.78, 5) is 18.0. The highest BCUT2D eigenvalue weighted by Gasteiger charge is 2.34. The van der Waals surface area contributed by atoms with Gasteiger partial charge in [-0.05, 0) is 50.1 Å². The van der Waals surface area contributed by atoms with Crippen LogP contribution < -0.4 is 0 Å². The molecular weight excluding hydrogens is 312 g/mol. The molecule has 1 fully saturated rings. The maximum atomic E-state index is 12.5. The lowest BCUT2D eigenvalue weighted by molar-refractivity contribution is -0.165. The van der Waals surface area contributed by atoms with Crippen LogP contribution in [-0.2, 0) is 16.0 Å². The molecule has 1 atom stereocenters. The Hall–Kier alpha value is -1.52. The number of carbonyl (C=O) groups excluding carboxylic acids is 1. The number of likely N-dealkylation sites (N-methyl/N-ethyl adjacent to an activating group) is 1. The summed E-state index contributed by atoms with van der Waals surface area (Å²) >= 11 is 6.14. The molecule has 1 unspecified atom stereocenters. The molecule has 5 heteroatoms. The van der Waals surface area contributed by atoms with Crippen LogP contribution in [0.15, 0.2) is 18.2 Å². The largest absolute Gasteiger partial charge is 0.440 e. The predicted octanol–water partition coefficient (Wildman–Crippen LogP) is 4.04. The topological polar surface area (TPSA) is 45.3 Å². The molecule has 0 amide bonds. The molecule has 4 nitrogen and oxygen atoms in total. The highest BCUT2D eigenvalue weighted by Crippen LogP contribution is 2.37. The molecule has 2 aromatic rings. The normalized spacial score (nSPS) is 22.4. The summed E-state index contributed by atoms with van der Waals surface area (Å²) in [6.07, 6.45) is 4.81. The molecule has 2 aliphatic rings. The number of benzene rings is 1. The van der Waals surface area contributed by atoms with Crippen LogP contribution in [0.25, 0.3) is 10.9 Å². The summed E-state index contributed by atoms with van der Waals surface area (Å²) in [7, 11) is 2.01. The molecule has 4 rings (SSSR count). The second-order valence-corrected chi connectivity index (χ2v) is 7.14. The van der Waals surface area contributed by atoms with Crippen LogP contribution in [0.1, 0.15) is 43.2 Å². The molecule has 1 N–H and O–H groups in total. The van der Waals surface area contributed by atoms with Crippen molar-refractivity contribution < 1.29 is 9.53 Å². The van der Waals surface area contributed by atoms with Crippen molar-refractivity contribution >= 4 is 28.5 Å². The van der Waals surface area contributed by atoms with Gasteiger partial charge in [-0.3, -0.25) is 9.69 Å². The van der Waals surface area contributed by atoms with Gasteiger partial charge in [0.05, 0.1) is 11.6 Å². The van der Waals surface area contributed by atoms with Gasteiger partial charge in [-0.15, -0.1) is 0 Å². The summed E-state index contributed by atoms with van der Waals surface area (Å²) in [6.45, 7) is 0.870. The Kier molecular flexibility index (Phi) is 3.82. The molecule has 0 bridgehead atoms. The highest BCUT2D eigenvalue weighted by atomic mass is 35.5. The van der Waals surface area contributed by atoms with E-state index in [0.717, 1.165) is 60.3 Å². The molecule has 1 aromatic carbocycles. The van der Waals surface area contributed by atoms with E-state index in [-0.39, 0.29) is 18.1 Å². The lowest BCUT2D eigenvalue weighted by Gasteiger charge is -2.32. The first-order valence-corrected chi connectivity index (χ1v) is 8.72. The average Bonchev–Trinajstić information content (AvgIpc) is 3.17. The summed E-state index contributed by atoms with van der Waals surface area (Å²) in [5.74, 6) is 0.0245. The molecule has 0 radical (unpaired) electrons. The van der Waals surface area contributed by atoms with Gasteiger partial charge in [0.15, 0.2) is 6.23 Å². The monoisotopic (exact) mass is 332 g/mol. The summed E-state index contributed by atoms with van der Waals surface area (Å²) in [5.41, 5.74) is 3.28. The zero-order valence-electron chi connectivity index (χ0n) is 13.3. The van der Waals surface area contributed by atoms with Gasteiger partial charge < -0.3 is 9.72 Å².